The van der Waals surface area contributed by atoms with Crippen LogP contribution in [0.3, 0.4) is 0 Å². The standard InChI is InChI=1S/C18H20BrN5O/c1-24-17-14(15(19)23-24)16(21-12-22-17)20-11-18(7-9-25-10-8-18)13-5-3-2-4-6-13/h2-6,12H,7-11H2,1H3,(H,20,21,22). The molecule has 0 bridgehead atoms. The summed E-state index contributed by atoms with van der Waals surface area (Å²) in [5, 5.41) is 8.87. The molecule has 0 saturated carbocycles. The topological polar surface area (TPSA) is 64.9 Å². The molecular formula is C18H20BrN5O. The monoisotopic (exact) mass is 401 g/mol. The first-order valence-corrected chi connectivity index (χ1v) is 9.19. The number of benzene rings is 1. The van der Waals surface area contributed by atoms with Crippen molar-refractivity contribution in [2.75, 3.05) is 25.1 Å². The molecule has 1 saturated heterocycles. The van der Waals surface area contributed by atoms with Crippen LogP contribution in [0.1, 0.15) is 18.4 Å². The van der Waals surface area contributed by atoms with Crippen molar-refractivity contribution >= 4 is 32.8 Å². The first kappa shape index (κ1) is 16.5. The molecule has 3 aromatic rings. The molecule has 1 aliphatic rings. The van der Waals surface area contributed by atoms with Crippen LogP contribution >= 0.6 is 15.9 Å². The molecule has 1 N–H and O–H groups in total. The number of hydrogen-bond donors (Lipinski definition) is 1. The van der Waals surface area contributed by atoms with E-state index in [9.17, 15) is 0 Å². The number of nitrogens with zero attached hydrogens (tertiary/aromatic N) is 4. The molecule has 0 amide bonds. The number of hydrogen-bond acceptors (Lipinski definition) is 5. The van der Waals surface area contributed by atoms with E-state index in [2.05, 4.69) is 66.6 Å². The summed E-state index contributed by atoms with van der Waals surface area (Å²) in [5.41, 5.74) is 2.21. The number of nitrogens with one attached hydrogen (secondary N) is 1. The van der Waals surface area contributed by atoms with Crippen LogP contribution in [0, 0.1) is 0 Å². The molecule has 1 aliphatic heterocycles. The van der Waals surface area contributed by atoms with Gasteiger partial charge in [-0.1, -0.05) is 30.3 Å². The molecule has 2 aromatic heterocycles. The maximum absolute atomic E-state index is 5.62. The Bertz CT molecular complexity index is 874. The minimum Gasteiger partial charge on any atom is -0.381 e. The molecule has 1 aromatic carbocycles. The Balaban J connectivity index is 1.67. The van der Waals surface area contributed by atoms with E-state index in [4.69, 9.17) is 4.74 Å². The Labute approximate surface area is 154 Å². The van der Waals surface area contributed by atoms with E-state index in [1.165, 1.54) is 5.56 Å². The van der Waals surface area contributed by atoms with E-state index in [1.54, 1.807) is 11.0 Å². The minimum absolute atomic E-state index is 0.0471. The zero-order valence-corrected chi connectivity index (χ0v) is 15.7. The third-order valence-corrected chi connectivity index (χ3v) is 5.56. The first-order chi connectivity index (χ1) is 12.2. The van der Waals surface area contributed by atoms with Crippen molar-refractivity contribution in [3.05, 3.63) is 46.8 Å². The smallest absolute Gasteiger partial charge is 0.164 e. The van der Waals surface area contributed by atoms with E-state index in [-0.39, 0.29) is 5.41 Å². The van der Waals surface area contributed by atoms with Crippen LogP contribution in [0.5, 0.6) is 0 Å². The maximum atomic E-state index is 5.62. The van der Waals surface area contributed by atoms with Crippen molar-refractivity contribution in [1.29, 1.82) is 0 Å². The number of rotatable bonds is 4. The molecule has 25 heavy (non-hydrogen) atoms. The summed E-state index contributed by atoms with van der Waals surface area (Å²) in [6.45, 7) is 2.37. The van der Waals surface area contributed by atoms with Crippen molar-refractivity contribution < 1.29 is 4.74 Å². The molecule has 6 nitrogen and oxygen atoms in total. The van der Waals surface area contributed by atoms with E-state index < -0.39 is 0 Å². The van der Waals surface area contributed by atoms with Gasteiger partial charge in [-0.05, 0) is 34.3 Å². The van der Waals surface area contributed by atoms with Gasteiger partial charge in [0.25, 0.3) is 0 Å². The highest BCUT2D eigenvalue weighted by Crippen LogP contribution is 2.36. The highest BCUT2D eigenvalue weighted by molar-refractivity contribution is 9.10. The number of halogens is 1. The molecule has 0 unspecified atom stereocenters. The van der Waals surface area contributed by atoms with Crippen molar-refractivity contribution in [3.63, 3.8) is 0 Å². The molecule has 0 aliphatic carbocycles. The number of aryl methyl sites for hydroxylation is 1. The maximum Gasteiger partial charge on any atom is 0.164 e. The minimum atomic E-state index is 0.0471. The highest BCUT2D eigenvalue weighted by Gasteiger charge is 2.34. The highest BCUT2D eigenvalue weighted by atomic mass is 79.9. The van der Waals surface area contributed by atoms with Gasteiger partial charge < -0.3 is 10.1 Å². The average molecular weight is 402 g/mol. The van der Waals surface area contributed by atoms with Gasteiger partial charge in [-0.15, -0.1) is 0 Å². The van der Waals surface area contributed by atoms with Crippen molar-refractivity contribution in [2.24, 2.45) is 7.05 Å². The van der Waals surface area contributed by atoms with Crippen LogP contribution in [0.25, 0.3) is 11.0 Å². The van der Waals surface area contributed by atoms with Crippen LogP contribution in [-0.2, 0) is 17.2 Å². The normalized spacial score (nSPS) is 16.9. The van der Waals surface area contributed by atoms with Crippen molar-refractivity contribution in [2.45, 2.75) is 18.3 Å². The summed E-state index contributed by atoms with van der Waals surface area (Å²) in [5.74, 6) is 0.812. The Hall–Kier alpha value is -1.99. The summed E-state index contributed by atoms with van der Waals surface area (Å²) in [6, 6.07) is 10.7. The van der Waals surface area contributed by atoms with Crippen LogP contribution in [-0.4, -0.2) is 39.5 Å². The van der Waals surface area contributed by atoms with Gasteiger partial charge in [0.15, 0.2) is 5.65 Å². The molecule has 7 heteroatoms. The lowest BCUT2D eigenvalue weighted by molar-refractivity contribution is 0.0544. The van der Waals surface area contributed by atoms with Gasteiger partial charge in [0.1, 0.15) is 16.7 Å². The SMILES string of the molecule is Cn1nc(Br)c2c(NCC3(c4ccccc4)CCOCC3)ncnc21. The van der Waals surface area contributed by atoms with Gasteiger partial charge in [-0.2, -0.15) is 5.10 Å². The van der Waals surface area contributed by atoms with Crippen LogP contribution < -0.4 is 5.32 Å². The molecule has 130 valence electrons. The quantitative estimate of drug-likeness (QED) is 0.726. The van der Waals surface area contributed by atoms with Gasteiger partial charge in [0, 0.05) is 32.2 Å². The Morgan fingerprint density at radius 1 is 1.20 bits per heavy atom. The predicted octanol–water partition coefficient (Wildman–Crippen LogP) is 3.29. The zero-order valence-electron chi connectivity index (χ0n) is 14.1. The fourth-order valence-corrected chi connectivity index (χ4v) is 4.15. The summed E-state index contributed by atoms with van der Waals surface area (Å²) in [6.07, 6.45) is 3.57. The Morgan fingerprint density at radius 2 is 1.96 bits per heavy atom. The van der Waals surface area contributed by atoms with Gasteiger partial charge >= 0.3 is 0 Å². The van der Waals surface area contributed by atoms with Crippen molar-refractivity contribution in [1.82, 2.24) is 19.7 Å². The number of aromatic nitrogens is 4. The summed E-state index contributed by atoms with van der Waals surface area (Å²) < 4.78 is 8.13. The van der Waals surface area contributed by atoms with E-state index in [0.717, 1.165) is 54.1 Å². The predicted molar refractivity (Wildman–Crippen MR) is 101 cm³/mol. The number of anilines is 1. The summed E-state index contributed by atoms with van der Waals surface area (Å²) in [4.78, 5) is 8.79. The lowest BCUT2D eigenvalue weighted by Gasteiger charge is -2.38. The molecular weight excluding hydrogens is 382 g/mol. The molecule has 4 rings (SSSR count). The molecule has 0 spiro atoms. The van der Waals surface area contributed by atoms with Gasteiger partial charge in [0.2, 0.25) is 0 Å². The second-order valence-electron chi connectivity index (χ2n) is 6.45. The van der Waals surface area contributed by atoms with E-state index >= 15 is 0 Å². The third-order valence-electron chi connectivity index (χ3n) is 5.01. The fourth-order valence-electron chi connectivity index (χ4n) is 3.55. The van der Waals surface area contributed by atoms with Gasteiger partial charge in [0.05, 0.1) is 5.39 Å². The lowest BCUT2D eigenvalue weighted by Crippen LogP contribution is -2.40. The summed E-state index contributed by atoms with van der Waals surface area (Å²) >= 11 is 3.52. The van der Waals surface area contributed by atoms with E-state index in [0.29, 0.717) is 0 Å². The number of ether oxygens (including phenoxy) is 1. The molecule has 1 fully saturated rings. The third kappa shape index (κ3) is 3.02. The van der Waals surface area contributed by atoms with E-state index in [1.807, 2.05) is 7.05 Å². The summed E-state index contributed by atoms with van der Waals surface area (Å²) in [7, 11) is 1.88. The van der Waals surface area contributed by atoms with Gasteiger partial charge in [-0.25, -0.2) is 14.6 Å². The zero-order chi connectivity index (χ0) is 17.3. The molecule has 0 radical (unpaired) electrons. The van der Waals surface area contributed by atoms with Crippen LogP contribution in [0.2, 0.25) is 0 Å². The average Bonchev–Trinajstić information content (AvgIpc) is 2.96. The fraction of sp³-hybridized carbons (Fsp3) is 0.389. The van der Waals surface area contributed by atoms with Crippen LogP contribution in [0.15, 0.2) is 41.3 Å². The first-order valence-electron chi connectivity index (χ1n) is 8.40. The van der Waals surface area contributed by atoms with Crippen molar-refractivity contribution in [3.8, 4) is 0 Å². The second-order valence-corrected chi connectivity index (χ2v) is 7.20. The Kier molecular flexibility index (Phi) is 4.43. The van der Waals surface area contributed by atoms with Crippen LogP contribution in [0.4, 0.5) is 5.82 Å². The molecule has 0 atom stereocenters. The largest absolute Gasteiger partial charge is 0.381 e. The Morgan fingerprint density at radius 3 is 2.72 bits per heavy atom. The second kappa shape index (κ2) is 6.72. The number of fused-ring (bicyclic) bond motifs is 1. The van der Waals surface area contributed by atoms with Gasteiger partial charge in [-0.3, -0.25) is 0 Å². The lowest BCUT2D eigenvalue weighted by atomic mass is 9.74. The molecule has 3 heterocycles.